The van der Waals surface area contributed by atoms with Gasteiger partial charge in [0.15, 0.2) is 0 Å². The summed E-state index contributed by atoms with van der Waals surface area (Å²) in [5, 5.41) is 10.4. The molecule has 0 saturated carbocycles. The highest BCUT2D eigenvalue weighted by Crippen LogP contribution is 2.48. The molecule has 0 radical (unpaired) electrons. The normalized spacial score (nSPS) is 18.0. The lowest BCUT2D eigenvalue weighted by Crippen LogP contribution is -2.49. The van der Waals surface area contributed by atoms with Gasteiger partial charge < -0.3 is 14.9 Å². The number of nitrogens with zero attached hydrogens (tertiary/aromatic N) is 4. The first-order valence-corrected chi connectivity index (χ1v) is 12.6. The largest absolute Gasteiger partial charge is 0.417 e. The van der Waals surface area contributed by atoms with E-state index in [1.54, 1.807) is 4.90 Å². The number of piperazine rings is 1. The second-order valence-electron chi connectivity index (χ2n) is 8.96. The van der Waals surface area contributed by atoms with E-state index in [2.05, 4.69) is 11.6 Å². The lowest BCUT2D eigenvalue weighted by atomic mass is 9.95. The maximum absolute atomic E-state index is 14.9. The number of carbonyl (C=O) groups is 1. The number of rotatable bonds is 3. The number of halogens is 5. The van der Waals surface area contributed by atoms with Crippen molar-refractivity contribution in [3.63, 3.8) is 0 Å². The Kier molecular flexibility index (Phi) is 6.68. The van der Waals surface area contributed by atoms with Gasteiger partial charge >= 0.3 is 11.9 Å². The highest BCUT2D eigenvalue weighted by atomic mass is 32.2. The van der Waals surface area contributed by atoms with Crippen LogP contribution in [0.15, 0.2) is 46.6 Å². The van der Waals surface area contributed by atoms with Crippen molar-refractivity contribution in [2.45, 2.75) is 23.7 Å². The van der Waals surface area contributed by atoms with E-state index in [1.807, 2.05) is 0 Å². The maximum atomic E-state index is 14.9. The number of benzene rings is 2. The third kappa shape index (κ3) is 4.53. The Hall–Kier alpha value is -3.45. The molecule has 1 N–H and O–H groups in total. The smallest absolute Gasteiger partial charge is 0.390 e. The summed E-state index contributed by atoms with van der Waals surface area (Å²) < 4.78 is 73.2. The number of thioether (sulfide) groups is 1. The molecule has 3 heterocycles. The van der Waals surface area contributed by atoms with Crippen LogP contribution in [-0.2, 0) is 17.5 Å². The minimum Gasteiger partial charge on any atom is -0.390 e. The molecule has 1 atom stereocenters. The highest BCUT2D eigenvalue weighted by molar-refractivity contribution is 7.99. The number of hydrogen-bond donors (Lipinski definition) is 1. The molecular formula is C25H21F5N4O3S. The number of alkyl halides is 3. The molecule has 1 unspecified atom stereocenters. The Balaban J connectivity index is 1.81. The van der Waals surface area contributed by atoms with Crippen molar-refractivity contribution in [1.82, 2.24) is 14.5 Å². The van der Waals surface area contributed by atoms with E-state index in [0.29, 0.717) is 6.07 Å². The zero-order valence-electron chi connectivity index (χ0n) is 19.8. The summed E-state index contributed by atoms with van der Waals surface area (Å²) in [5.41, 5.74) is -2.90. The Morgan fingerprint density at radius 1 is 1.16 bits per heavy atom. The molecule has 1 fully saturated rings. The summed E-state index contributed by atoms with van der Waals surface area (Å²) in [7, 11) is 0. The van der Waals surface area contributed by atoms with Gasteiger partial charge in [0.1, 0.15) is 17.5 Å². The van der Waals surface area contributed by atoms with Crippen LogP contribution in [0.3, 0.4) is 0 Å². The first kappa shape index (κ1) is 26.2. The highest BCUT2D eigenvalue weighted by Gasteiger charge is 2.39. The number of aliphatic hydroxyl groups is 1. The molecule has 5 rings (SSSR count). The molecule has 0 aliphatic carbocycles. The van der Waals surface area contributed by atoms with Crippen LogP contribution in [0.1, 0.15) is 5.56 Å². The Morgan fingerprint density at radius 3 is 2.50 bits per heavy atom. The fourth-order valence-electron chi connectivity index (χ4n) is 4.84. The molecule has 200 valence electrons. The first-order valence-electron chi connectivity index (χ1n) is 11.6. The lowest BCUT2D eigenvalue weighted by molar-refractivity contribution is -0.137. The molecule has 0 bridgehead atoms. The molecule has 2 aliphatic rings. The van der Waals surface area contributed by atoms with E-state index in [9.17, 15) is 36.6 Å². The molecule has 3 aromatic rings. The molecule has 1 saturated heterocycles. The van der Waals surface area contributed by atoms with E-state index in [-0.39, 0.29) is 66.0 Å². The zero-order chi connectivity index (χ0) is 27.4. The van der Waals surface area contributed by atoms with Crippen LogP contribution >= 0.6 is 11.8 Å². The van der Waals surface area contributed by atoms with Crippen molar-refractivity contribution >= 4 is 34.4 Å². The summed E-state index contributed by atoms with van der Waals surface area (Å²) in [6, 6.07) is 3.12. The van der Waals surface area contributed by atoms with E-state index in [1.165, 1.54) is 11.0 Å². The van der Waals surface area contributed by atoms with Crippen molar-refractivity contribution in [3.05, 3.63) is 64.6 Å². The minimum absolute atomic E-state index is 0.00169. The number of anilines is 1. The summed E-state index contributed by atoms with van der Waals surface area (Å²) in [5.74, 6) is -2.50. The van der Waals surface area contributed by atoms with Gasteiger partial charge in [0, 0.05) is 59.4 Å². The number of hydrogen-bond acceptors (Lipinski definition) is 6. The molecule has 0 spiro atoms. The minimum atomic E-state index is -4.94. The van der Waals surface area contributed by atoms with Gasteiger partial charge in [-0.15, -0.1) is 11.8 Å². The Bertz CT molecular complexity index is 1520. The third-order valence-electron chi connectivity index (χ3n) is 6.58. The van der Waals surface area contributed by atoms with Crippen molar-refractivity contribution < 1.29 is 31.9 Å². The molecule has 2 aliphatic heterocycles. The van der Waals surface area contributed by atoms with Crippen molar-refractivity contribution in [1.29, 1.82) is 0 Å². The van der Waals surface area contributed by atoms with Crippen molar-refractivity contribution in [3.8, 4) is 11.1 Å². The SMILES string of the molecule is C=CC(=O)N1CCN(c2nc(=O)n3c4c(c(-c5ccc(F)cc5F)c(C(F)(F)F)cc24)SCC(O)C3)CC1. The molecule has 7 nitrogen and oxygen atoms in total. The predicted molar refractivity (Wildman–Crippen MR) is 132 cm³/mol. The van der Waals surface area contributed by atoms with Crippen molar-refractivity contribution in [2.75, 3.05) is 36.8 Å². The van der Waals surface area contributed by atoms with Gasteiger partial charge in [-0.2, -0.15) is 18.2 Å². The van der Waals surface area contributed by atoms with E-state index in [4.69, 9.17) is 0 Å². The van der Waals surface area contributed by atoms with Crippen LogP contribution in [0.25, 0.3) is 22.0 Å². The van der Waals surface area contributed by atoms with Crippen LogP contribution < -0.4 is 10.6 Å². The van der Waals surface area contributed by atoms with Gasteiger partial charge in [-0.05, 0) is 24.3 Å². The van der Waals surface area contributed by atoms with Crippen LogP contribution in [0.2, 0.25) is 0 Å². The van der Waals surface area contributed by atoms with E-state index >= 15 is 0 Å². The van der Waals surface area contributed by atoms with Gasteiger partial charge in [0.05, 0.1) is 23.7 Å². The summed E-state index contributed by atoms with van der Waals surface area (Å²) in [6.07, 6.45) is -4.87. The Labute approximate surface area is 217 Å². The fourth-order valence-corrected chi connectivity index (χ4v) is 6.02. The standard InChI is InChI=1S/C25H21F5N4O3S/c1-2-19(36)32-5-7-33(8-6-32)23-16-10-17(25(28,29)30)20(15-4-3-13(26)9-18(15)27)22-21(16)34(24(37)31-23)11-14(35)12-38-22/h2-4,9-10,14,35H,1,5-8,11-12H2. The summed E-state index contributed by atoms with van der Waals surface area (Å²) >= 11 is 0.866. The zero-order valence-corrected chi connectivity index (χ0v) is 20.6. The van der Waals surface area contributed by atoms with E-state index in [0.717, 1.165) is 34.5 Å². The van der Waals surface area contributed by atoms with Crippen LogP contribution in [-0.4, -0.2) is 63.5 Å². The second-order valence-corrected chi connectivity index (χ2v) is 9.99. The number of carbonyl (C=O) groups excluding carboxylic acids is 1. The number of aromatic nitrogens is 2. The number of aliphatic hydroxyl groups excluding tert-OH is 1. The van der Waals surface area contributed by atoms with Gasteiger partial charge in [0.2, 0.25) is 5.91 Å². The molecular weight excluding hydrogens is 531 g/mol. The fraction of sp³-hybridized carbons (Fsp3) is 0.320. The van der Waals surface area contributed by atoms with Crippen molar-refractivity contribution in [2.24, 2.45) is 0 Å². The quantitative estimate of drug-likeness (QED) is 0.395. The first-order chi connectivity index (χ1) is 18.0. The molecule has 38 heavy (non-hydrogen) atoms. The molecule has 1 amide bonds. The average molecular weight is 553 g/mol. The number of amides is 1. The van der Waals surface area contributed by atoms with Crippen LogP contribution in [0.5, 0.6) is 0 Å². The van der Waals surface area contributed by atoms with Crippen LogP contribution in [0.4, 0.5) is 27.8 Å². The van der Waals surface area contributed by atoms with Gasteiger partial charge in [-0.3, -0.25) is 9.36 Å². The second kappa shape index (κ2) is 9.70. The van der Waals surface area contributed by atoms with E-state index < -0.39 is 46.3 Å². The van der Waals surface area contributed by atoms with Gasteiger partial charge in [0.25, 0.3) is 0 Å². The van der Waals surface area contributed by atoms with Gasteiger partial charge in [-0.25, -0.2) is 13.6 Å². The Morgan fingerprint density at radius 2 is 1.87 bits per heavy atom. The molecule has 2 aromatic carbocycles. The third-order valence-corrected chi connectivity index (χ3v) is 7.82. The average Bonchev–Trinajstić information content (AvgIpc) is 3.05. The predicted octanol–water partition coefficient (Wildman–Crippen LogP) is 3.66. The monoisotopic (exact) mass is 552 g/mol. The lowest BCUT2D eigenvalue weighted by Gasteiger charge is -2.35. The topological polar surface area (TPSA) is 78.7 Å². The summed E-state index contributed by atoms with van der Waals surface area (Å²) in [4.78, 5) is 32.3. The molecule has 13 heteroatoms. The molecule has 1 aromatic heterocycles. The maximum Gasteiger partial charge on any atom is 0.417 e. The summed E-state index contributed by atoms with van der Waals surface area (Å²) in [6.45, 7) is 4.11. The van der Waals surface area contributed by atoms with Crippen LogP contribution in [0, 0.1) is 11.6 Å². The van der Waals surface area contributed by atoms with Gasteiger partial charge in [-0.1, -0.05) is 6.58 Å².